The van der Waals surface area contributed by atoms with Crippen molar-refractivity contribution in [3.8, 4) is 0 Å². The van der Waals surface area contributed by atoms with Gasteiger partial charge in [-0.2, -0.15) is 5.10 Å². The van der Waals surface area contributed by atoms with Gasteiger partial charge in [0.2, 0.25) is 0 Å². The van der Waals surface area contributed by atoms with Gasteiger partial charge in [-0.25, -0.2) is 0 Å². The molecule has 0 fully saturated rings. The summed E-state index contributed by atoms with van der Waals surface area (Å²) in [4.78, 5) is 0. The molecule has 1 N–H and O–H groups in total. The predicted molar refractivity (Wildman–Crippen MR) is 52.9 cm³/mol. The second-order valence-electron chi connectivity index (χ2n) is 3.23. The van der Waals surface area contributed by atoms with Crippen LogP contribution in [0, 0.1) is 6.92 Å². The van der Waals surface area contributed by atoms with Gasteiger partial charge < -0.3 is 10.1 Å². The molecule has 4 nitrogen and oxygen atoms in total. The zero-order chi connectivity index (χ0) is 9.84. The summed E-state index contributed by atoms with van der Waals surface area (Å²) in [6.45, 7) is 4.82. The molecule has 0 aliphatic carbocycles. The lowest BCUT2D eigenvalue weighted by Crippen LogP contribution is -2.18. The van der Waals surface area contributed by atoms with Crippen LogP contribution in [0.25, 0.3) is 0 Å². The molecule has 0 bridgehead atoms. The van der Waals surface area contributed by atoms with E-state index in [2.05, 4.69) is 10.4 Å². The fraction of sp³-hybridized carbons (Fsp3) is 0.667. The molecule has 0 amide bonds. The third kappa shape index (κ3) is 2.73. The molecular weight excluding hydrogens is 166 g/mol. The number of methoxy groups -OCH3 is 1. The lowest BCUT2D eigenvalue weighted by molar-refractivity contribution is 0.129. The van der Waals surface area contributed by atoms with Gasteiger partial charge in [0.1, 0.15) is 0 Å². The molecule has 1 aromatic rings. The molecule has 1 unspecified atom stereocenters. The van der Waals surface area contributed by atoms with Crippen molar-refractivity contribution in [3.63, 3.8) is 0 Å². The normalized spacial score (nSPS) is 12.9. The smallest absolute Gasteiger partial charge is 0.0824 e. The van der Waals surface area contributed by atoms with Crippen LogP contribution in [0.5, 0.6) is 0 Å². The van der Waals surface area contributed by atoms with Crippen molar-refractivity contribution in [1.82, 2.24) is 9.78 Å². The maximum atomic E-state index is 5.13. The molecular formula is C9H17N3O. The molecule has 0 radical (unpaired) electrons. The highest BCUT2D eigenvalue weighted by atomic mass is 16.5. The quantitative estimate of drug-likeness (QED) is 0.761. The zero-order valence-corrected chi connectivity index (χ0v) is 8.66. The molecule has 0 aromatic carbocycles. The average Bonchev–Trinajstić information content (AvgIpc) is 2.41. The molecule has 4 heteroatoms. The number of nitrogens with zero attached hydrogens (tertiary/aromatic N) is 2. The summed E-state index contributed by atoms with van der Waals surface area (Å²) < 4.78 is 6.93. The molecule has 1 heterocycles. The van der Waals surface area contributed by atoms with Gasteiger partial charge in [-0.1, -0.05) is 0 Å². The molecule has 1 rings (SSSR count). The number of ether oxygens (including phenoxy) is 1. The van der Waals surface area contributed by atoms with E-state index in [1.54, 1.807) is 11.8 Å². The van der Waals surface area contributed by atoms with Crippen molar-refractivity contribution < 1.29 is 4.74 Å². The van der Waals surface area contributed by atoms with Crippen LogP contribution in [0.3, 0.4) is 0 Å². The summed E-state index contributed by atoms with van der Waals surface area (Å²) >= 11 is 0. The van der Waals surface area contributed by atoms with E-state index in [0.29, 0.717) is 0 Å². The summed E-state index contributed by atoms with van der Waals surface area (Å²) in [6, 6.07) is 0. The number of aryl methyl sites for hydroxylation is 2. The van der Waals surface area contributed by atoms with E-state index in [-0.39, 0.29) is 6.10 Å². The maximum Gasteiger partial charge on any atom is 0.0824 e. The first kappa shape index (κ1) is 10.1. The Morgan fingerprint density at radius 2 is 2.38 bits per heavy atom. The minimum Gasteiger partial charge on any atom is -0.380 e. The molecule has 1 atom stereocenters. The van der Waals surface area contributed by atoms with E-state index >= 15 is 0 Å². The first-order valence-corrected chi connectivity index (χ1v) is 4.40. The Bertz CT molecular complexity index is 270. The number of anilines is 1. The summed E-state index contributed by atoms with van der Waals surface area (Å²) in [5, 5.41) is 7.50. The van der Waals surface area contributed by atoms with Gasteiger partial charge in [0.05, 0.1) is 17.5 Å². The van der Waals surface area contributed by atoms with Crippen LogP contribution in [0.2, 0.25) is 0 Å². The van der Waals surface area contributed by atoms with E-state index in [1.807, 2.05) is 27.1 Å². The van der Waals surface area contributed by atoms with Crippen LogP contribution in [-0.2, 0) is 11.8 Å². The van der Waals surface area contributed by atoms with Crippen molar-refractivity contribution in [1.29, 1.82) is 0 Å². The molecule has 0 spiro atoms. The minimum absolute atomic E-state index is 0.222. The molecule has 0 aliphatic heterocycles. The van der Waals surface area contributed by atoms with Gasteiger partial charge >= 0.3 is 0 Å². The highest BCUT2D eigenvalue weighted by Crippen LogP contribution is 2.10. The monoisotopic (exact) mass is 183 g/mol. The van der Waals surface area contributed by atoms with Crippen LogP contribution >= 0.6 is 0 Å². The average molecular weight is 183 g/mol. The molecule has 0 saturated heterocycles. The number of rotatable bonds is 4. The Morgan fingerprint density at radius 3 is 2.85 bits per heavy atom. The first-order valence-electron chi connectivity index (χ1n) is 4.40. The number of hydrogen-bond acceptors (Lipinski definition) is 3. The topological polar surface area (TPSA) is 39.1 Å². The van der Waals surface area contributed by atoms with Gasteiger partial charge in [-0.3, -0.25) is 4.68 Å². The first-order chi connectivity index (χ1) is 6.13. The Hall–Kier alpha value is -1.03. The van der Waals surface area contributed by atoms with Crippen molar-refractivity contribution in [2.24, 2.45) is 7.05 Å². The molecule has 0 saturated carbocycles. The lowest BCUT2D eigenvalue weighted by atomic mass is 10.3. The Balaban J connectivity index is 2.49. The highest BCUT2D eigenvalue weighted by molar-refractivity contribution is 5.45. The lowest BCUT2D eigenvalue weighted by Gasteiger charge is -2.10. The van der Waals surface area contributed by atoms with Crippen molar-refractivity contribution >= 4 is 5.69 Å². The maximum absolute atomic E-state index is 5.13. The van der Waals surface area contributed by atoms with E-state index in [1.165, 1.54) is 0 Å². The molecule has 13 heavy (non-hydrogen) atoms. The SMILES string of the molecule is COC(C)CNc1cn(C)nc1C. The second-order valence-corrected chi connectivity index (χ2v) is 3.23. The van der Waals surface area contributed by atoms with Crippen molar-refractivity contribution in [2.75, 3.05) is 19.0 Å². The van der Waals surface area contributed by atoms with Crippen LogP contribution in [0.4, 0.5) is 5.69 Å². The molecule has 1 aromatic heterocycles. The third-order valence-electron chi connectivity index (χ3n) is 2.00. The number of aromatic nitrogens is 2. The summed E-state index contributed by atoms with van der Waals surface area (Å²) in [5.41, 5.74) is 2.09. The van der Waals surface area contributed by atoms with Crippen molar-refractivity contribution in [3.05, 3.63) is 11.9 Å². The van der Waals surface area contributed by atoms with Crippen LogP contribution in [-0.4, -0.2) is 29.5 Å². The van der Waals surface area contributed by atoms with Crippen LogP contribution in [0.15, 0.2) is 6.20 Å². The van der Waals surface area contributed by atoms with E-state index < -0.39 is 0 Å². The Morgan fingerprint density at radius 1 is 1.69 bits per heavy atom. The second kappa shape index (κ2) is 4.28. The van der Waals surface area contributed by atoms with E-state index in [0.717, 1.165) is 17.9 Å². The van der Waals surface area contributed by atoms with Crippen LogP contribution < -0.4 is 5.32 Å². The fourth-order valence-corrected chi connectivity index (χ4v) is 1.11. The van der Waals surface area contributed by atoms with Crippen molar-refractivity contribution in [2.45, 2.75) is 20.0 Å². The van der Waals surface area contributed by atoms with E-state index in [9.17, 15) is 0 Å². The minimum atomic E-state index is 0.222. The largest absolute Gasteiger partial charge is 0.380 e. The Labute approximate surface area is 78.9 Å². The summed E-state index contributed by atoms with van der Waals surface area (Å²) in [7, 11) is 3.63. The van der Waals surface area contributed by atoms with Gasteiger partial charge in [0.25, 0.3) is 0 Å². The highest BCUT2D eigenvalue weighted by Gasteiger charge is 2.03. The standard InChI is InChI=1S/C9H17N3O/c1-7(13-4)5-10-9-6-12(3)11-8(9)2/h6-7,10H,5H2,1-4H3. The Kier molecular flexibility index (Phi) is 3.31. The summed E-state index contributed by atoms with van der Waals surface area (Å²) in [6.07, 6.45) is 2.19. The summed E-state index contributed by atoms with van der Waals surface area (Å²) in [5.74, 6) is 0. The van der Waals surface area contributed by atoms with Gasteiger partial charge in [-0.15, -0.1) is 0 Å². The van der Waals surface area contributed by atoms with Gasteiger partial charge in [0.15, 0.2) is 0 Å². The number of hydrogen-bond donors (Lipinski definition) is 1. The number of nitrogens with one attached hydrogen (secondary N) is 1. The molecule has 0 aliphatic rings. The van der Waals surface area contributed by atoms with E-state index in [4.69, 9.17) is 4.74 Å². The van der Waals surface area contributed by atoms with Crippen LogP contribution in [0.1, 0.15) is 12.6 Å². The van der Waals surface area contributed by atoms with Gasteiger partial charge in [0, 0.05) is 26.9 Å². The predicted octanol–water partition coefficient (Wildman–Crippen LogP) is 1.18. The van der Waals surface area contributed by atoms with Gasteiger partial charge in [-0.05, 0) is 13.8 Å². The third-order valence-corrected chi connectivity index (χ3v) is 2.00. The molecule has 74 valence electrons. The fourth-order valence-electron chi connectivity index (χ4n) is 1.11. The zero-order valence-electron chi connectivity index (χ0n) is 8.66.